The summed E-state index contributed by atoms with van der Waals surface area (Å²) in [7, 11) is 0. The molecule has 7 nitrogen and oxygen atoms in total. The van der Waals surface area contributed by atoms with Crippen LogP contribution in [-0.2, 0) is 10.8 Å². The molecule has 2 aromatic rings. The molecule has 0 bridgehead atoms. The molecule has 0 saturated carbocycles. The maximum absolute atomic E-state index is 9.78. The summed E-state index contributed by atoms with van der Waals surface area (Å²) in [6.45, 7) is 30.3. The highest BCUT2D eigenvalue weighted by atomic mass is 16.3. The summed E-state index contributed by atoms with van der Waals surface area (Å²) in [5, 5.41) is 29.3. The minimum Gasteiger partial charge on any atom is -0.391 e. The van der Waals surface area contributed by atoms with Crippen molar-refractivity contribution in [2.24, 2.45) is 0 Å². The van der Waals surface area contributed by atoms with E-state index in [1.165, 1.54) is 33.9 Å². The number of nitrogens with zero attached hydrogens (tertiary/aromatic N) is 4. The van der Waals surface area contributed by atoms with E-state index in [-0.39, 0.29) is 30.7 Å². The molecule has 0 spiro atoms. The normalized spacial score (nSPS) is 14.0. The van der Waals surface area contributed by atoms with E-state index in [2.05, 4.69) is 109 Å². The summed E-state index contributed by atoms with van der Waals surface area (Å²) < 4.78 is 1.75. The number of anilines is 4. The third kappa shape index (κ3) is 9.72. The first kappa shape index (κ1) is 39.3. The summed E-state index contributed by atoms with van der Waals surface area (Å²) in [6, 6.07) is 14.3. The quantitative estimate of drug-likeness (QED) is 0.111. The third-order valence-corrected chi connectivity index (χ3v) is 11.1. The van der Waals surface area contributed by atoms with Crippen LogP contribution >= 0.6 is 0 Å². The topological polar surface area (TPSA) is 67.2 Å². The standard InChI is InChI=1S/C40H70N4O3/c1-10-43(11-2,25-28-45)23-15-13-21-41-35-19-17-34(40(7,8)9)32-38(35)42(36-20-18-33(31-37(36)41)39(4,5)6)22-14-16-24-44(12-3,26-29-46)27-30-47/h17-20,31-32,45-47H,10-16,21-30H2,1-9H3/q+2. The van der Waals surface area contributed by atoms with Gasteiger partial charge < -0.3 is 34.1 Å². The molecule has 1 aliphatic heterocycles. The summed E-state index contributed by atoms with van der Waals surface area (Å²) in [6.07, 6.45) is 4.30. The Morgan fingerprint density at radius 2 is 0.851 bits per heavy atom. The summed E-state index contributed by atoms with van der Waals surface area (Å²) in [4.78, 5) is 5.15. The van der Waals surface area contributed by atoms with Gasteiger partial charge in [-0.1, -0.05) is 53.7 Å². The van der Waals surface area contributed by atoms with Crippen molar-refractivity contribution < 1.29 is 24.3 Å². The lowest BCUT2D eigenvalue weighted by Crippen LogP contribution is -2.52. The number of fused-ring (bicyclic) bond motifs is 2. The van der Waals surface area contributed by atoms with Gasteiger partial charge in [-0.05, 0) is 92.7 Å². The Bertz CT molecular complexity index is 1240. The molecule has 0 aromatic heterocycles. The summed E-state index contributed by atoms with van der Waals surface area (Å²) in [5.74, 6) is 0. The first-order valence-corrected chi connectivity index (χ1v) is 18.6. The number of hydrogen-bond acceptors (Lipinski definition) is 5. The molecule has 0 unspecified atom stereocenters. The maximum atomic E-state index is 9.78. The molecule has 0 saturated heterocycles. The highest BCUT2D eigenvalue weighted by molar-refractivity contribution is 5.94. The van der Waals surface area contributed by atoms with E-state index >= 15 is 0 Å². The summed E-state index contributed by atoms with van der Waals surface area (Å²) >= 11 is 0. The Hall–Kier alpha value is -2.16. The molecular formula is C40H70N4O3+2. The van der Waals surface area contributed by atoms with Crippen molar-refractivity contribution in [1.29, 1.82) is 0 Å². The molecule has 0 aliphatic carbocycles. The molecule has 3 rings (SSSR count). The van der Waals surface area contributed by atoms with Crippen LogP contribution in [0.4, 0.5) is 22.7 Å². The molecule has 0 atom stereocenters. The zero-order valence-electron chi connectivity index (χ0n) is 31.6. The van der Waals surface area contributed by atoms with Crippen molar-refractivity contribution in [1.82, 2.24) is 0 Å². The Labute approximate surface area is 288 Å². The van der Waals surface area contributed by atoms with Crippen LogP contribution in [0.3, 0.4) is 0 Å². The first-order valence-electron chi connectivity index (χ1n) is 18.6. The van der Waals surface area contributed by atoms with Gasteiger partial charge in [0.2, 0.25) is 0 Å². The smallest absolute Gasteiger partial charge is 0.102 e. The lowest BCUT2D eigenvalue weighted by Gasteiger charge is -2.42. The molecule has 7 heteroatoms. The number of aliphatic hydroxyl groups is 3. The molecule has 266 valence electrons. The van der Waals surface area contributed by atoms with E-state index in [0.29, 0.717) is 13.1 Å². The number of aliphatic hydroxyl groups excluding tert-OH is 3. The predicted octanol–water partition coefficient (Wildman–Crippen LogP) is 7.10. The van der Waals surface area contributed by atoms with Crippen molar-refractivity contribution in [2.45, 2.75) is 98.8 Å². The Morgan fingerprint density at radius 3 is 1.19 bits per heavy atom. The number of unbranched alkanes of at least 4 members (excludes halogenated alkanes) is 2. The van der Waals surface area contributed by atoms with Gasteiger partial charge in [-0.3, -0.25) is 0 Å². The van der Waals surface area contributed by atoms with Gasteiger partial charge in [0.15, 0.2) is 0 Å². The van der Waals surface area contributed by atoms with E-state index in [9.17, 15) is 15.3 Å². The second kappa shape index (κ2) is 17.0. The van der Waals surface area contributed by atoms with Crippen molar-refractivity contribution >= 4 is 22.7 Å². The average molecular weight is 655 g/mol. The van der Waals surface area contributed by atoms with E-state index in [0.717, 1.165) is 87.0 Å². The minimum atomic E-state index is 0.0446. The second-order valence-electron chi connectivity index (χ2n) is 16.0. The highest BCUT2D eigenvalue weighted by Crippen LogP contribution is 2.50. The Morgan fingerprint density at radius 1 is 0.489 bits per heavy atom. The number of rotatable bonds is 19. The number of benzene rings is 2. The maximum Gasteiger partial charge on any atom is 0.102 e. The van der Waals surface area contributed by atoms with Crippen molar-refractivity contribution in [3.05, 3.63) is 47.5 Å². The fraction of sp³-hybridized carbons (Fsp3) is 0.700. The van der Waals surface area contributed by atoms with Gasteiger partial charge >= 0.3 is 0 Å². The fourth-order valence-corrected chi connectivity index (χ4v) is 7.46. The third-order valence-electron chi connectivity index (χ3n) is 11.1. The van der Waals surface area contributed by atoms with Crippen LogP contribution in [0.25, 0.3) is 0 Å². The molecule has 1 heterocycles. The zero-order chi connectivity index (χ0) is 34.9. The van der Waals surface area contributed by atoms with Gasteiger partial charge in [-0.2, -0.15) is 0 Å². The lowest BCUT2D eigenvalue weighted by atomic mass is 9.85. The zero-order valence-corrected chi connectivity index (χ0v) is 31.6. The Kier molecular flexibility index (Phi) is 14.2. The molecule has 2 aromatic carbocycles. The summed E-state index contributed by atoms with van der Waals surface area (Å²) in [5.41, 5.74) is 7.96. The second-order valence-corrected chi connectivity index (χ2v) is 16.0. The van der Waals surface area contributed by atoms with Gasteiger partial charge in [0.05, 0.1) is 75.3 Å². The lowest BCUT2D eigenvalue weighted by molar-refractivity contribution is -0.927. The minimum absolute atomic E-state index is 0.0446. The van der Waals surface area contributed by atoms with Crippen LogP contribution in [-0.4, -0.2) is 110 Å². The van der Waals surface area contributed by atoms with Crippen molar-refractivity contribution in [3.8, 4) is 0 Å². The predicted molar refractivity (Wildman–Crippen MR) is 201 cm³/mol. The van der Waals surface area contributed by atoms with E-state index in [1.807, 2.05) is 0 Å². The van der Waals surface area contributed by atoms with Crippen LogP contribution in [0.5, 0.6) is 0 Å². The molecule has 0 radical (unpaired) electrons. The van der Waals surface area contributed by atoms with Gasteiger partial charge in [0.1, 0.15) is 19.6 Å². The van der Waals surface area contributed by atoms with Crippen LogP contribution in [0, 0.1) is 0 Å². The van der Waals surface area contributed by atoms with Crippen LogP contribution in [0.1, 0.15) is 99.1 Å². The van der Waals surface area contributed by atoms with E-state index in [1.54, 1.807) is 0 Å². The van der Waals surface area contributed by atoms with Gasteiger partial charge in [0, 0.05) is 13.1 Å². The largest absolute Gasteiger partial charge is 0.391 e. The molecule has 3 N–H and O–H groups in total. The molecular weight excluding hydrogens is 584 g/mol. The number of quaternary nitrogens is 2. The van der Waals surface area contributed by atoms with Crippen molar-refractivity contribution in [2.75, 3.05) is 95.1 Å². The molecule has 0 amide bonds. The van der Waals surface area contributed by atoms with E-state index in [4.69, 9.17) is 0 Å². The van der Waals surface area contributed by atoms with Crippen LogP contribution < -0.4 is 9.80 Å². The van der Waals surface area contributed by atoms with Gasteiger partial charge in [0.25, 0.3) is 0 Å². The highest BCUT2D eigenvalue weighted by Gasteiger charge is 2.32. The van der Waals surface area contributed by atoms with Crippen LogP contribution in [0.2, 0.25) is 0 Å². The fourth-order valence-electron chi connectivity index (χ4n) is 7.46. The van der Waals surface area contributed by atoms with Crippen LogP contribution in [0.15, 0.2) is 36.4 Å². The van der Waals surface area contributed by atoms with Gasteiger partial charge in [-0.25, -0.2) is 0 Å². The monoisotopic (exact) mass is 655 g/mol. The SMILES string of the molecule is CC[N+](CC)(CCO)CCCCN1c2cc(C(C)(C)C)ccc2N(CCCC[N+](CC)(CCO)CCO)c2cc(C(C)(C)C)ccc21. The van der Waals surface area contributed by atoms with Gasteiger partial charge in [-0.15, -0.1) is 0 Å². The average Bonchev–Trinajstić information content (AvgIpc) is 3.03. The van der Waals surface area contributed by atoms with E-state index < -0.39 is 0 Å². The molecule has 47 heavy (non-hydrogen) atoms. The Balaban J connectivity index is 2.00. The number of hydrogen-bond donors (Lipinski definition) is 3. The molecule has 0 fully saturated rings. The first-order chi connectivity index (χ1) is 22.2. The number of likely N-dealkylation sites (N-methyl/N-ethyl adjacent to an activating group) is 2. The van der Waals surface area contributed by atoms with Crippen molar-refractivity contribution in [3.63, 3.8) is 0 Å². The molecule has 1 aliphatic rings.